The highest BCUT2D eigenvalue weighted by molar-refractivity contribution is 5.76. The number of carbonyl (C=O) groups excluding carboxylic acids is 1. The second-order valence-corrected chi connectivity index (χ2v) is 6.99. The number of ether oxygens (including phenoxy) is 1. The third-order valence-corrected chi connectivity index (χ3v) is 4.32. The van der Waals surface area contributed by atoms with Crippen LogP contribution in [0.4, 0.5) is 0 Å². The minimum atomic E-state index is 0.177. The first-order chi connectivity index (χ1) is 9.36. The Kier molecular flexibility index (Phi) is 6.96. The third-order valence-electron chi connectivity index (χ3n) is 4.32. The third kappa shape index (κ3) is 5.80. The summed E-state index contributed by atoms with van der Waals surface area (Å²) in [7, 11) is 0. The zero-order valence-electron chi connectivity index (χ0n) is 13.6. The molecule has 0 radical (unpaired) electrons. The molecule has 1 rings (SSSR count). The summed E-state index contributed by atoms with van der Waals surface area (Å²) in [5.74, 6) is 0.687. The molecule has 1 aliphatic rings. The van der Waals surface area contributed by atoms with E-state index in [9.17, 15) is 4.79 Å². The zero-order chi connectivity index (χ0) is 15.2. The Morgan fingerprint density at radius 3 is 2.50 bits per heavy atom. The lowest BCUT2D eigenvalue weighted by atomic mass is 9.76. The molecule has 0 bridgehead atoms. The molecule has 4 nitrogen and oxygen atoms in total. The fraction of sp³-hybridized carbons (Fsp3) is 0.938. The van der Waals surface area contributed by atoms with E-state index in [-0.39, 0.29) is 11.3 Å². The van der Waals surface area contributed by atoms with Gasteiger partial charge in [-0.15, -0.1) is 0 Å². The van der Waals surface area contributed by atoms with E-state index in [1.54, 1.807) is 0 Å². The SMILES string of the molecule is CCOC1CC(NC(=O)CCC(CCN)C(C)(C)C)C1. The molecule has 1 atom stereocenters. The summed E-state index contributed by atoms with van der Waals surface area (Å²) in [6, 6.07) is 0.321. The highest BCUT2D eigenvalue weighted by atomic mass is 16.5. The van der Waals surface area contributed by atoms with Crippen LogP contribution in [-0.2, 0) is 9.53 Å². The van der Waals surface area contributed by atoms with Gasteiger partial charge in [0.25, 0.3) is 0 Å². The van der Waals surface area contributed by atoms with Gasteiger partial charge in [-0.3, -0.25) is 4.79 Å². The van der Waals surface area contributed by atoms with Crippen molar-refractivity contribution in [3.63, 3.8) is 0 Å². The summed E-state index contributed by atoms with van der Waals surface area (Å²) in [5.41, 5.74) is 5.89. The summed E-state index contributed by atoms with van der Waals surface area (Å²) in [6.45, 7) is 10.1. The monoisotopic (exact) mass is 284 g/mol. The zero-order valence-corrected chi connectivity index (χ0v) is 13.6. The maximum absolute atomic E-state index is 12.0. The molecule has 0 aromatic rings. The number of nitrogens with two attached hydrogens (primary N) is 1. The van der Waals surface area contributed by atoms with Crippen molar-refractivity contribution in [3.8, 4) is 0 Å². The van der Waals surface area contributed by atoms with E-state index in [2.05, 4.69) is 26.1 Å². The minimum absolute atomic E-state index is 0.177. The average Bonchev–Trinajstić information content (AvgIpc) is 2.30. The Morgan fingerprint density at radius 1 is 1.35 bits per heavy atom. The summed E-state index contributed by atoms with van der Waals surface area (Å²) < 4.78 is 5.50. The molecule has 0 aromatic heterocycles. The van der Waals surface area contributed by atoms with Gasteiger partial charge in [0.1, 0.15) is 0 Å². The van der Waals surface area contributed by atoms with Gasteiger partial charge in [0.15, 0.2) is 0 Å². The molecule has 1 amide bonds. The molecular weight excluding hydrogens is 252 g/mol. The van der Waals surface area contributed by atoms with E-state index in [4.69, 9.17) is 10.5 Å². The highest BCUT2D eigenvalue weighted by Gasteiger charge is 2.31. The van der Waals surface area contributed by atoms with Crippen molar-refractivity contribution in [2.24, 2.45) is 17.1 Å². The van der Waals surface area contributed by atoms with Gasteiger partial charge >= 0.3 is 0 Å². The quantitative estimate of drug-likeness (QED) is 0.719. The maximum Gasteiger partial charge on any atom is 0.220 e. The van der Waals surface area contributed by atoms with Gasteiger partial charge < -0.3 is 15.8 Å². The predicted molar refractivity (Wildman–Crippen MR) is 82.4 cm³/mol. The summed E-state index contributed by atoms with van der Waals surface area (Å²) in [5, 5.41) is 3.10. The van der Waals surface area contributed by atoms with Crippen molar-refractivity contribution in [2.75, 3.05) is 13.2 Å². The fourth-order valence-electron chi connectivity index (χ4n) is 2.87. The van der Waals surface area contributed by atoms with Crippen molar-refractivity contribution in [1.29, 1.82) is 0 Å². The molecule has 0 aromatic carbocycles. The number of rotatable bonds is 8. The second kappa shape index (κ2) is 7.99. The Morgan fingerprint density at radius 2 is 2.00 bits per heavy atom. The molecule has 1 fully saturated rings. The maximum atomic E-state index is 12.0. The minimum Gasteiger partial charge on any atom is -0.378 e. The molecule has 20 heavy (non-hydrogen) atoms. The van der Waals surface area contributed by atoms with Crippen LogP contribution in [0.15, 0.2) is 0 Å². The molecular formula is C16H32N2O2. The van der Waals surface area contributed by atoms with E-state index >= 15 is 0 Å². The van der Waals surface area contributed by atoms with Crippen LogP contribution in [0.5, 0.6) is 0 Å². The fourth-order valence-corrected chi connectivity index (χ4v) is 2.87. The van der Waals surface area contributed by atoms with Gasteiger partial charge in [-0.25, -0.2) is 0 Å². The van der Waals surface area contributed by atoms with Gasteiger partial charge in [0.2, 0.25) is 5.91 Å². The molecule has 3 N–H and O–H groups in total. The van der Waals surface area contributed by atoms with Gasteiger partial charge in [-0.2, -0.15) is 0 Å². The highest BCUT2D eigenvalue weighted by Crippen LogP contribution is 2.32. The van der Waals surface area contributed by atoms with E-state index in [0.717, 1.165) is 32.3 Å². The molecule has 0 saturated heterocycles. The van der Waals surface area contributed by atoms with Crippen molar-refractivity contribution < 1.29 is 9.53 Å². The first-order valence-electron chi connectivity index (χ1n) is 7.97. The second-order valence-electron chi connectivity index (χ2n) is 6.99. The Labute approximate surface area is 123 Å². The number of hydrogen-bond donors (Lipinski definition) is 2. The van der Waals surface area contributed by atoms with Crippen LogP contribution in [0.1, 0.15) is 59.8 Å². The van der Waals surface area contributed by atoms with Crippen molar-refractivity contribution in [2.45, 2.75) is 71.9 Å². The van der Waals surface area contributed by atoms with E-state index < -0.39 is 0 Å². The molecule has 1 unspecified atom stereocenters. The van der Waals surface area contributed by atoms with Crippen molar-refractivity contribution >= 4 is 5.91 Å². The Bertz CT molecular complexity index is 293. The molecule has 0 aliphatic heterocycles. The molecule has 1 aliphatic carbocycles. The molecule has 118 valence electrons. The van der Waals surface area contributed by atoms with Crippen LogP contribution >= 0.6 is 0 Å². The van der Waals surface area contributed by atoms with Gasteiger partial charge in [0, 0.05) is 19.1 Å². The average molecular weight is 284 g/mol. The van der Waals surface area contributed by atoms with Crippen molar-refractivity contribution in [1.82, 2.24) is 5.32 Å². The lowest BCUT2D eigenvalue weighted by molar-refractivity contribution is -0.124. The summed E-state index contributed by atoms with van der Waals surface area (Å²) in [6.07, 6.45) is 4.80. The van der Waals surface area contributed by atoms with E-state index in [0.29, 0.717) is 31.0 Å². The largest absolute Gasteiger partial charge is 0.378 e. The predicted octanol–water partition coefficient (Wildman–Crippen LogP) is 2.46. The Balaban J connectivity index is 2.22. The standard InChI is InChI=1S/C16H32N2O2/c1-5-20-14-10-13(11-14)18-15(19)7-6-12(8-9-17)16(2,3)4/h12-14H,5-11,17H2,1-4H3,(H,18,19). The summed E-state index contributed by atoms with van der Waals surface area (Å²) >= 11 is 0. The van der Waals surface area contributed by atoms with Crippen molar-refractivity contribution in [3.05, 3.63) is 0 Å². The first-order valence-corrected chi connectivity index (χ1v) is 7.97. The lowest BCUT2D eigenvalue weighted by Gasteiger charge is -2.35. The molecule has 0 heterocycles. The number of carbonyl (C=O) groups is 1. The topological polar surface area (TPSA) is 64.3 Å². The molecule has 4 heteroatoms. The van der Waals surface area contributed by atoms with E-state index in [1.807, 2.05) is 6.92 Å². The first kappa shape index (κ1) is 17.4. The van der Waals surface area contributed by atoms with Crippen LogP contribution in [0.3, 0.4) is 0 Å². The molecule has 1 saturated carbocycles. The number of hydrogen-bond acceptors (Lipinski definition) is 3. The van der Waals surface area contributed by atoms with Gasteiger partial charge in [0.05, 0.1) is 6.10 Å². The number of amides is 1. The smallest absolute Gasteiger partial charge is 0.220 e. The van der Waals surface area contributed by atoms with E-state index in [1.165, 1.54) is 0 Å². The van der Waals surface area contributed by atoms with Crippen LogP contribution in [0, 0.1) is 11.3 Å². The van der Waals surface area contributed by atoms with Crippen LogP contribution in [0.25, 0.3) is 0 Å². The normalized spacial score (nSPS) is 24.1. The van der Waals surface area contributed by atoms with Crippen LogP contribution in [-0.4, -0.2) is 31.2 Å². The number of nitrogens with one attached hydrogen (secondary N) is 1. The summed E-state index contributed by atoms with van der Waals surface area (Å²) in [4.78, 5) is 12.0. The van der Waals surface area contributed by atoms with Crippen LogP contribution < -0.4 is 11.1 Å². The van der Waals surface area contributed by atoms with Crippen LogP contribution in [0.2, 0.25) is 0 Å². The Hall–Kier alpha value is -0.610. The van der Waals surface area contributed by atoms with Gasteiger partial charge in [-0.1, -0.05) is 20.8 Å². The lowest BCUT2D eigenvalue weighted by Crippen LogP contribution is -2.47. The van der Waals surface area contributed by atoms with Gasteiger partial charge in [-0.05, 0) is 50.5 Å². The molecule has 0 spiro atoms.